The Bertz CT molecular complexity index is 544. The summed E-state index contributed by atoms with van der Waals surface area (Å²) in [6.45, 7) is 2.05. The number of hydrogen-bond donors (Lipinski definition) is 2. The smallest absolute Gasteiger partial charge is 0.326 e. The third kappa shape index (κ3) is 5.51. The van der Waals surface area contributed by atoms with Gasteiger partial charge in [0.1, 0.15) is 6.04 Å². The van der Waals surface area contributed by atoms with Crippen LogP contribution in [-0.2, 0) is 4.79 Å². The summed E-state index contributed by atoms with van der Waals surface area (Å²) >= 11 is 0. The molecule has 120 valence electrons. The predicted octanol–water partition coefficient (Wildman–Crippen LogP) is 2.75. The Balaban J connectivity index is 2.68. The van der Waals surface area contributed by atoms with E-state index in [1.165, 1.54) is 18.2 Å². The molecule has 0 unspecified atom stereocenters. The maximum absolute atomic E-state index is 12.0. The summed E-state index contributed by atoms with van der Waals surface area (Å²) in [6.07, 6.45) is 4.02. The maximum atomic E-state index is 12.0. The SMILES string of the molecule is CCCCCC[C@@H](NC(=O)c1cccc([N+](=O)[O-])c1)C(=O)O. The Morgan fingerprint density at radius 2 is 2.05 bits per heavy atom. The van der Waals surface area contributed by atoms with E-state index in [1.807, 2.05) is 0 Å². The van der Waals surface area contributed by atoms with Crippen molar-refractivity contribution in [3.63, 3.8) is 0 Å². The van der Waals surface area contributed by atoms with Gasteiger partial charge in [0, 0.05) is 17.7 Å². The summed E-state index contributed by atoms with van der Waals surface area (Å²) in [7, 11) is 0. The molecule has 0 radical (unpaired) electrons. The zero-order chi connectivity index (χ0) is 16.5. The number of carbonyl (C=O) groups is 2. The minimum Gasteiger partial charge on any atom is -0.480 e. The first kappa shape index (κ1) is 17.6. The third-order valence-electron chi connectivity index (χ3n) is 3.27. The highest BCUT2D eigenvalue weighted by Crippen LogP contribution is 2.13. The van der Waals surface area contributed by atoms with Crippen LogP contribution in [0.3, 0.4) is 0 Å². The molecule has 0 aliphatic carbocycles. The van der Waals surface area contributed by atoms with Crippen molar-refractivity contribution in [2.75, 3.05) is 0 Å². The van der Waals surface area contributed by atoms with E-state index < -0.39 is 22.8 Å². The first-order chi connectivity index (χ1) is 10.5. The number of nitro groups is 1. The molecule has 0 saturated heterocycles. The molecule has 0 fully saturated rings. The number of carboxylic acids is 1. The average Bonchev–Trinajstić information content (AvgIpc) is 2.50. The molecule has 0 bridgehead atoms. The van der Waals surface area contributed by atoms with Crippen LogP contribution in [-0.4, -0.2) is 27.9 Å². The minimum absolute atomic E-state index is 0.0778. The van der Waals surface area contributed by atoms with Gasteiger partial charge in [0.05, 0.1) is 4.92 Å². The summed E-state index contributed by atoms with van der Waals surface area (Å²) in [6, 6.07) is 4.23. The van der Waals surface area contributed by atoms with Crippen molar-refractivity contribution in [3.8, 4) is 0 Å². The number of carbonyl (C=O) groups excluding carboxylic acids is 1. The third-order valence-corrected chi connectivity index (χ3v) is 3.27. The minimum atomic E-state index is -1.10. The fourth-order valence-electron chi connectivity index (χ4n) is 2.03. The molecule has 0 saturated carbocycles. The van der Waals surface area contributed by atoms with Crippen LogP contribution in [0.1, 0.15) is 49.4 Å². The number of rotatable bonds is 9. The molecule has 7 heteroatoms. The van der Waals surface area contributed by atoms with Gasteiger partial charge >= 0.3 is 5.97 Å². The van der Waals surface area contributed by atoms with Crippen molar-refractivity contribution in [2.24, 2.45) is 0 Å². The van der Waals surface area contributed by atoms with E-state index >= 15 is 0 Å². The molecule has 0 aliphatic rings. The number of unbranched alkanes of at least 4 members (excludes halogenated alkanes) is 3. The molecule has 0 aromatic heterocycles. The van der Waals surface area contributed by atoms with Crippen LogP contribution in [0.25, 0.3) is 0 Å². The van der Waals surface area contributed by atoms with E-state index in [0.717, 1.165) is 25.3 Å². The van der Waals surface area contributed by atoms with Crippen LogP contribution >= 0.6 is 0 Å². The molecule has 22 heavy (non-hydrogen) atoms. The van der Waals surface area contributed by atoms with Crippen molar-refractivity contribution in [1.82, 2.24) is 5.32 Å². The van der Waals surface area contributed by atoms with Gasteiger partial charge in [-0.05, 0) is 12.5 Å². The second kappa shape index (κ2) is 8.76. The fourth-order valence-corrected chi connectivity index (χ4v) is 2.03. The molecule has 0 heterocycles. The second-order valence-corrected chi connectivity index (χ2v) is 5.02. The maximum Gasteiger partial charge on any atom is 0.326 e. The van der Waals surface area contributed by atoms with Crippen molar-refractivity contribution in [2.45, 2.75) is 45.1 Å². The quantitative estimate of drug-likeness (QED) is 0.414. The molecule has 1 amide bonds. The van der Waals surface area contributed by atoms with Crippen LogP contribution in [0.4, 0.5) is 5.69 Å². The van der Waals surface area contributed by atoms with E-state index in [-0.39, 0.29) is 11.3 Å². The number of nitrogens with one attached hydrogen (secondary N) is 1. The Kier molecular flexibility index (Phi) is 7.01. The molecule has 7 nitrogen and oxygen atoms in total. The van der Waals surface area contributed by atoms with Gasteiger partial charge in [0.15, 0.2) is 0 Å². The van der Waals surface area contributed by atoms with E-state index in [4.69, 9.17) is 5.11 Å². The van der Waals surface area contributed by atoms with E-state index in [0.29, 0.717) is 12.8 Å². The number of nitro benzene ring substituents is 1. The van der Waals surface area contributed by atoms with Crippen molar-refractivity contribution in [3.05, 3.63) is 39.9 Å². The summed E-state index contributed by atoms with van der Waals surface area (Å²) in [5, 5.41) is 22.2. The highest BCUT2D eigenvalue weighted by molar-refractivity contribution is 5.97. The van der Waals surface area contributed by atoms with Crippen LogP contribution in [0.15, 0.2) is 24.3 Å². The monoisotopic (exact) mass is 308 g/mol. The van der Waals surface area contributed by atoms with Gasteiger partial charge in [-0.25, -0.2) is 4.79 Å². The second-order valence-electron chi connectivity index (χ2n) is 5.02. The number of nitrogens with zero attached hydrogens (tertiary/aromatic N) is 1. The van der Waals surface area contributed by atoms with Gasteiger partial charge in [0.25, 0.3) is 11.6 Å². The van der Waals surface area contributed by atoms with Crippen molar-refractivity contribution in [1.29, 1.82) is 0 Å². The Hall–Kier alpha value is -2.44. The fraction of sp³-hybridized carbons (Fsp3) is 0.467. The van der Waals surface area contributed by atoms with Crippen molar-refractivity contribution >= 4 is 17.6 Å². The van der Waals surface area contributed by atoms with Gasteiger partial charge in [-0.1, -0.05) is 38.7 Å². The average molecular weight is 308 g/mol. The Morgan fingerprint density at radius 1 is 1.32 bits per heavy atom. The van der Waals surface area contributed by atoms with Gasteiger partial charge in [-0.15, -0.1) is 0 Å². The van der Waals surface area contributed by atoms with E-state index in [1.54, 1.807) is 0 Å². The molecule has 0 spiro atoms. The molecule has 1 aromatic carbocycles. The lowest BCUT2D eigenvalue weighted by Crippen LogP contribution is -2.40. The lowest BCUT2D eigenvalue weighted by atomic mass is 10.1. The number of benzene rings is 1. The lowest BCUT2D eigenvalue weighted by Gasteiger charge is -2.14. The molecule has 1 atom stereocenters. The van der Waals surface area contributed by atoms with Gasteiger partial charge in [-0.2, -0.15) is 0 Å². The molecular formula is C15H20N2O5. The molecule has 2 N–H and O–H groups in total. The highest BCUT2D eigenvalue weighted by Gasteiger charge is 2.21. The zero-order valence-corrected chi connectivity index (χ0v) is 12.4. The topological polar surface area (TPSA) is 110 Å². The van der Waals surface area contributed by atoms with Gasteiger partial charge in [0.2, 0.25) is 0 Å². The number of non-ortho nitro benzene ring substituents is 1. The van der Waals surface area contributed by atoms with Crippen LogP contribution < -0.4 is 5.32 Å². The Morgan fingerprint density at radius 3 is 2.64 bits per heavy atom. The first-order valence-corrected chi connectivity index (χ1v) is 7.23. The number of aliphatic carboxylic acids is 1. The number of carboxylic acid groups (broad SMARTS) is 1. The summed E-state index contributed by atoms with van der Waals surface area (Å²) in [5.41, 5.74) is -0.128. The summed E-state index contributed by atoms with van der Waals surface area (Å²) in [5.74, 6) is -1.72. The molecule has 1 aromatic rings. The first-order valence-electron chi connectivity index (χ1n) is 7.23. The molecule has 0 aliphatic heterocycles. The van der Waals surface area contributed by atoms with Crippen LogP contribution in [0.5, 0.6) is 0 Å². The van der Waals surface area contributed by atoms with Crippen LogP contribution in [0, 0.1) is 10.1 Å². The largest absolute Gasteiger partial charge is 0.480 e. The normalized spacial score (nSPS) is 11.7. The molecular weight excluding hydrogens is 288 g/mol. The van der Waals surface area contributed by atoms with Gasteiger partial charge in [-0.3, -0.25) is 14.9 Å². The lowest BCUT2D eigenvalue weighted by molar-refractivity contribution is -0.384. The highest BCUT2D eigenvalue weighted by atomic mass is 16.6. The van der Waals surface area contributed by atoms with Crippen molar-refractivity contribution < 1.29 is 19.6 Å². The van der Waals surface area contributed by atoms with Crippen LogP contribution in [0.2, 0.25) is 0 Å². The standard InChI is InChI=1S/C15H20N2O5/c1-2-3-4-5-9-13(15(19)20)16-14(18)11-7-6-8-12(10-11)17(21)22/h6-8,10,13H,2-5,9H2,1H3,(H,16,18)(H,19,20)/t13-/m1/s1. The predicted molar refractivity (Wildman–Crippen MR) is 80.7 cm³/mol. The summed E-state index contributed by atoms with van der Waals surface area (Å²) in [4.78, 5) is 33.3. The van der Waals surface area contributed by atoms with E-state index in [2.05, 4.69) is 12.2 Å². The van der Waals surface area contributed by atoms with Gasteiger partial charge < -0.3 is 10.4 Å². The van der Waals surface area contributed by atoms with E-state index in [9.17, 15) is 19.7 Å². The number of hydrogen-bond acceptors (Lipinski definition) is 4. The zero-order valence-electron chi connectivity index (χ0n) is 12.4. The molecule has 1 rings (SSSR count). The summed E-state index contributed by atoms with van der Waals surface area (Å²) < 4.78 is 0. The Labute approximate surface area is 128 Å². The number of amides is 1.